The first-order valence-corrected chi connectivity index (χ1v) is 7.67. The van der Waals surface area contributed by atoms with Gasteiger partial charge in [-0.15, -0.1) is 0 Å². The Bertz CT molecular complexity index is 666. The van der Waals surface area contributed by atoms with Crippen molar-refractivity contribution in [3.63, 3.8) is 0 Å². The average molecular weight is 278 g/mol. The molecule has 0 saturated carbocycles. The lowest BCUT2D eigenvalue weighted by Gasteiger charge is -2.22. The molecule has 1 aliphatic carbocycles. The molecule has 0 spiro atoms. The van der Waals surface area contributed by atoms with E-state index in [-0.39, 0.29) is 0 Å². The molecule has 1 aliphatic rings. The highest BCUT2D eigenvalue weighted by Crippen LogP contribution is 2.38. The Hall–Kier alpha value is -2.02. The normalized spacial score (nSPS) is 13.8. The van der Waals surface area contributed by atoms with E-state index in [4.69, 9.17) is 4.74 Å². The van der Waals surface area contributed by atoms with Crippen LogP contribution in [0.1, 0.15) is 48.4 Å². The van der Waals surface area contributed by atoms with Crippen LogP contribution in [0.4, 0.5) is 0 Å². The Morgan fingerprint density at radius 2 is 1.81 bits per heavy atom. The maximum atomic E-state index is 5.63. The van der Waals surface area contributed by atoms with Gasteiger partial charge in [-0.05, 0) is 52.7 Å². The Balaban J connectivity index is 2.14. The van der Waals surface area contributed by atoms with Crippen molar-refractivity contribution in [2.24, 2.45) is 0 Å². The second-order valence-electron chi connectivity index (χ2n) is 5.93. The van der Waals surface area contributed by atoms with Crippen molar-refractivity contribution in [3.05, 3.63) is 70.8 Å². The zero-order valence-electron chi connectivity index (χ0n) is 13.0. The van der Waals surface area contributed by atoms with E-state index in [1.165, 1.54) is 27.8 Å². The molecule has 0 atom stereocenters. The number of fused-ring (bicyclic) bond motifs is 1. The molecule has 2 aromatic carbocycles. The standard InChI is InChI=1S/C20H22O/c1-14(2)18-12-16-10-7-11-17(15-8-5-4-6-9-15)19(16)13-20(18)21-3/h4-6,8-9,11-14H,7,10H2,1-3H3. The zero-order chi connectivity index (χ0) is 14.8. The maximum absolute atomic E-state index is 5.63. The van der Waals surface area contributed by atoms with Crippen molar-refractivity contribution >= 4 is 5.57 Å². The molecule has 0 saturated heterocycles. The Morgan fingerprint density at radius 1 is 1.05 bits per heavy atom. The first-order chi connectivity index (χ1) is 10.2. The molecule has 0 aliphatic heterocycles. The summed E-state index contributed by atoms with van der Waals surface area (Å²) >= 11 is 0. The molecule has 2 aromatic rings. The zero-order valence-corrected chi connectivity index (χ0v) is 13.0. The maximum Gasteiger partial charge on any atom is 0.122 e. The van der Waals surface area contributed by atoms with Crippen LogP contribution in [-0.4, -0.2) is 7.11 Å². The number of ether oxygens (including phenoxy) is 1. The molecule has 0 aromatic heterocycles. The number of allylic oxidation sites excluding steroid dienone is 1. The number of hydrogen-bond donors (Lipinski definition) is 0. The minimum Gasteiger partial charge on any atom is -0.496 e. The van der Waals surface area contributed by atoms with Gasteiger partial charge in [0, 0.05) is 0 Å². The number of methoxy groups -OCH3 is 1. The lowest BCUT2D eigenvalue weighted by Crippen LogP contribution is -2.05. The van der Waals surface area contributed by atoms with E-state index in [1.54, 1.807) is 7.11 Å². The SMILES string of the molecule is COc1cc2c(cc1C(C)C)CCC=C2c1ccccc1. The molecule has 0 unspecified atom stereocenters. The van der Waals surface area contributed by atoms with Gasteiger partial charge in [0.15, 0.2) is 0 Å². The molecule has 1 nitrogen and oxygen atoms in total. The van der Waals surface area contributed by atoms with E-state index in [2.05, 4.69) is 62.4 Å². The van der Waals surface area contributed by atoms with Crippen LogP contribution >= 0.6 is 0 Å². The summed E-state index contributed by atoms with van der Waals surface area (Å²) in [5.74, 6) is 1.49. The molecule has 0 heterocycles. The molecule has 108 valence electrons. The highest BCUT2D eigenvalue weighted by Gasteiger charge is 2.18. The summed E-state index contributed by atoms with van der Waals surface area (Å²) in [5.41, 5.74) is 6.71. The number of benzene rings is 2. The van der Waals surface area contributed by atoms with Crippen LogP contribution in [0.2, 0.25) is 0 Å². The predicted octanol–water partition coefficient (Wildman–Crippen LogP) is 5.20. The highest BCUT2D eigenvalue weighted by molar-refractivity contribution is 5.83. The van der Waals surface area contributed by atoms with Gasteiger partial charge in [-0.1, -0.05) is 56.3 Å². The minimum atomic E-state index is 0.483. The van der Waals surface area contributed by atoms with E-state index in [0.717, 1.165) is 18.6 Å². The molecule has 1 heteroatoms. The fourth-order valence-corrected chi connectivity index (χ4v) is 3.10. The van der Waals surface area contributed by atoms with Gasteiger partial charge in [0.25, 0.3) is 0 Å². The van der Waals surface area contributed by atoms with Crippen LogP contribution in [0, 0.1) is 0 Å². The molecule has 0 N–H and O–H groups in total. The summed E-state index contributed by atoms with van der Waals surface area (Å²) in [6.45, 7) is 4.45. The van der Waals surface area contributed by atoms with Crippen molar-refractivity contribution in [2.45, 2.75) is 32.6 Å². The number of aryl methyl sites for hydroxylation is 1. The first kappa shape index (κ1) is 13.9. The van der Waals surface area contributed by atoms with Gasteiger partial charge < -0.3 is 4.74 Å². The minimum absolute atomic E-state index is 0.483. The van der Waals surface area contributed by atoms with Gasteiger partial charge >= 0.3 is 0 Å². The quantitative estimate of drug-likeness (QED) is 0.750. The van der Waals surface area contributed by atoms with Crippen LogP contribution in [0.25, 0.3) is 5.57 Å². The third-order valence-corrected chi connectivity index (χ3v) is 4.21. The molecule has 0 amide bonds. The van der Waals surface area contributed by atoms with Crippen LogP contribution in [0.5, 0.6) is 5.75 Å². The fraction of sp³-hybridized carbons (Fsp3) is 0.300. The average Bonchev–Trinajstić information content (AvgIpc) is 2.53. The van der Waals surface area contributed by atoms with E-state index in [1.807, 2.05) is 0 Å². The molecule has 0 radical (unpaired) electrons. The lowest BCUT2D eigenvalue weighted by molar-refractivity contribution is 0.407. The molecular formula is C20H22O. The molecule has 0 fully saturated rings. The van der Waals surface area contributed by atoms with Gasteiger partial charge in [0.2, 0.25) is 0 Å². The molecular weight excluding hydrogens is 256 g/mol. The van der Waals surface area contributed by atoms with Crippen molar-refractivity contribution in [1.82, 2.24) is 0 Å². The van der Waals surface area contributed by atoms with Crippen molar-refractivity contribution < 1.29 is 4.74 Å². The monoisotopic (exact) mass is 278 g/mol. The van der Waals surface area contributed by atoms with E-state index >= 15 is 0 Å². The Labute approximate surface area is 127 Å². The van der Waals surface area contributed by atoms with Crippen LogP contribution in [-0.2, 0) is 6.42 Å². The molecule has 3 rings (SSSR count). The third-order valence-electron chi connectivity index (χ3n) is 4.21. The van der Waals surface area contributed by atoms with Crippen molar-refractivity contribution in [1.29, 1.82) is 0 Å². The number of rotatable bonds is 3. The smallest absolute Gasteiger partial charge is 0.122 e. The van der Waals surface area contributed by atoms with Gasteiger partial charge in [-0.2, -0.15) is 0 Å². The highest BCUT2D eigenvalue weighted by atomic mass is 16.5. The lowest BCUT2D eigenvalue weighted by atomic mass is 9.84. The topological polar surface area (TPSA) is 9.23 Å². The predicted molar refractivity (Wildman–Crippen MR) is 88.9 cm³/mol. The van der Waals surface area contributed by atoms with Gasteiger partial charge in [-0.25, -0.2) is 0 Å². The Morgan fingerprint density at radius 3 is 2.48 bits per heavy atom. The fourth-order valence-electron chi connectivity index (χ4n) is 3.10. The van der Waals surface area contributed by atoms with Gasteiger partial charge in [0.05, 0.1) is 7.11 Å². The summed E-state index contributed by atoms with van der Waals surface area (Å²) in [6.07, 6.45) is 4.59. The van der Waals surface area contributed by atoms with Gasteiger partial charge in [0.1, 0.15) is 5.75 Å². The molecule has 21 heavy (non-hydrogen) atoms. The van der Waals surface area contributed by atoms with E-state index < -0.39 is 0 Å². The van der Waals surface area contributed by atoms with E-state index in [0.29, 0.717) is 5.92 Å². The summed E-state index contributed by atoms with van der Waals surface area (Å²) in [5, 5.41) is 0. The summed E-state index contributed by atoms with van der Waals surface area (Å²) in [4.78, 5) is 0. The summed E-state index contributed by atoms with van der Waals surface area (Å²) in [6, 6.07) is 15.2. The van der Waals surface area contributed by atoms with Crippen molar-refractivity contribution in [2.75, 3.05) is 7.11 Å². The summed E-state index contributed by atoms with van der Waals surface area (Å²) in [7, 11) is 1.77. The third kappa shape index (κ3) is 2.61. The summed E-state index contributed by atoms with van der Waals surface area (Å²) < 4.78 is 5.63. The largest absolute Gasteiger partial charge is 0.496 e. The van der Waals surface area contributed by atoms with Crippen molar-refractivity contribution in [3.8, 4) is 5.75 Å². The number of hydrogen-bond acceptors (Lipinski definition) is 1. The Kier molecular flexibility index (Phi) is 3.83. The molecule has 0 bridgehead atoms. The first-order valence-electron chi connectivity index (χ1n) is 7.67. The van der Waals surface area contributed by atoms with Crippen LogP contribution in [0.3, 0.4) is 0 Å². The second kappa shape index (κ2) is 5.77. The van der Waals surface area contributed by atoms with Crippen LogP contribution in [0.15, 0.2) is 48.5 Å². The van der Waals surface area contributed by atoms with Gasteiger partial charge in [-0.3, -0.25) is 0 Å². The van der Waals surface area contributed by atoms with E-state index in [9.17, 15) is 0 Å². The second-order valence-corrected chi connectivity index (χ2v) is 5.93. The van der Waals surface area contributed by atoms with Crippen LogP contribution < -0.4 is 4.74 Å².